The van der Waals surface area contributed by atoms with Crippen LogP contribution >= 0.6 is 0 Å². The SMILES string of the molecule is CC(=O)O.O=C(O)C(F)(F)F.O=C(O)C(F)(F)F. The third-order valence-electron chi connectivity index (χ3n) is 0.485. The van der Waals surface area contributed by atoms with Crippen molar-refractivity contribution < 1.29 is 56.0 Å². The summed E-state index contributed by atoms with van der Waals surface area (Å²) in [4.78, 5) is 26.8. The van der Waals surface area contributed by atoms with Crippen LogP contribution in [0.25, 0.3) is 0 Å². The first kappa shape index (κ1) is 21.3. The number of halogens is 6. The highest BCUT2D eigenvalue weighted by atomic mass is 19.4. The van der Waals surface area contributed by atoms with E-state index in [0.29, 0.717) is 0 Å². The maximum Gasteiger partial charge on any atom is 0.490 e. The standard InChI is InChI=1S/2C2HF3O2.C2H4O2/c2*3-2(4,5)1(6)7;1-2(3)4/h2*(H,6,7);1H3,(H,3,4). The number of aliphatic carboxylic acids is 3. The molecule has 0 atom stereocenters. The lowest BCUT2D eigenvalue weighted by atomic mass is 10.7. The van der Waals surface area contributed by atoms with Gasteiger partial charge < -0.3 is 15.3 Å². The molecule has 0 amide bonds. The van der Waals surface area contributed by atoms with Gasteiger partial charge in [-0.2, -0.15) is 26.3 Å². The molecule has 18 heavy (non-hydrogen) atoms. The van der Waals surface area contributed by atoms with Gasteiger partial charge in [0.05, 0.1) is 0 Å². The van der Waals surface area contributed by atoms with E-state index in [4.69, 9.17) is 29.7 Å². The predicted molar refractivity (Wildman–Crippen MR) is 40.7 cm³/mol. The number of carbonyl (C=O) groups is 3. The highest BCUT2D eigenvalue weighted by molar-refractivity contribution is 5.73. The van der Waals surface area contributed by atoms with Gasteiger partial charge in [-0.25, -0.2) is 9.59 Å². The largest absolute Gasteiger partial charge is 0.490 e. The van der Waals surface area contributed by atoms with Crippen LogP contribution < -0.4 is 0 Å². The lowest BCUT2D eigenvalue weighted by molar-refractivity contribution is -0.193. The Morgan fingerprint density at radius 3 is 0.778 bits per heavy atom. The molecule has 3 N–H and O–H groups in total. The summed E-state index contributed by atoms with van der Waals surface area (Å²) >= 11 is 0. The predicted octanol–water partition coefficient (Wildman–Crippen LogP) is 1.36. The van der Waals surface area contributed by atoms with Crippen LogP contribution in [0.15, 0.2) is 0 Å². The second kappa shape index (κ2) is 8.14. The van der Waals surface area contributed by atoms with Crippen LogP contribution in [-0.4, -0.2) is 45.6 Å². The van der Waals surface area contributed by atoms with E-state index < -0.39 is 30.3 Å². The average molecular weight is 288 g/mol. The summed E-state index contributed by atoms with van der Waals surface area (Å²) in [6, 6.07) is 0. The molecule has 6 nitrogen and oxygen atoms in total. The third kappa shape index (κ3) is 23.7. The lowest BCUT2D eigenvalue weighted by Gasteiger charge is -1.93. The van der Waals surface area contributed by atoms with E-state index in [0.717, 1.165) is 6.92 Å². The zero-order valence-corrected chi connectivity index (χ0v) is 8.33. The van der Waals surface area contributed by atoms with E-state index in [9.17, 15) is 26.3 Å². The summed E-state index contributed by atoms with van der Waals surface area (Å²) in [5, 5.41) is 21.7. The number of hydrogen-bond acceptors (Lipinski definition) is 3. The quantitative estimate of drug-likeness (QED) is 0.580. The van der Waals surface area contributed by atoms with Gasteiger partial charge in [-0.1, -0.05) is 0 Å². The molecule has 0 bridgehead atoms. The van der Waals surface area contributed by atoms with Crippen molar-refractivity contribution in [1.29, 1.82) is 0 Å². The molecular weight excluding hydrogens is 282 g/mol. The van der Waals surface area contributed by atoms with Crippen molar-refractivity contribution in [2.45, 2.75) is 19.3 Å². The molecule has 0 aromatic carbocycles. The van der Waals surface area contributed by atoms with Gasteiger partial charge in [0.1, 0.15) is 0 Å². The van der Waals surface area contributed by atoms with Crippen molar-refractivity contribution in [3.8, 4) is 0 Å². The molecule has 12 heteroatoms. The lowest BCUT2D eigenvalue weighted by Crippen LogP contribution is -2.21. The Kier molecular flexibility index (Phi) is 9.62. The fourth-order valence-corrected chi connectivity index (χ4v) is 0. The zero-order chi connectivity index (χ0) is 15.7. The minimum atomic E-state index is -5.08. The van der Waals surface area contributed by atoms with Gasteiger partial charge in [0.25, 0.3) is 5.97 Å². The Bertz CT molecular complexity index is 264. The average Bonchev–Trinajstić information content (AvgIpc) is 1.99. The first-order valence-electron chi connectivity index (χ1n) is 3.42. The minimum Gasteiger partial charge on any atom is -0.481 e. The fraction of sp³-hybridized carbons (Fsp3) is 0.500. The Morgan fingerprint density at radius 1 is 0.722 bits per heavy atom. The van der Waals surface area contributed by atoms with Crippen LogP contribution in [0.3, 0.4) is 0 Å². The monoisotopic (exact) mass is 288 g/mol. The van der Waals surface area contributed by atoms with E-state index in [-0.39, 0.29) is 0 Å². The van der Waals surface area contributed by atoms with E-state index in [1.807, 2.05) is 0 Å². The summed E-state index contributed by atoms with van der Waals surface area (Å²) in [5.74, 6) is -6.35. The second-order valence-corrected chi connectivity index (χ2v) is 2.12. The van der Waals surface area contributed by atoms with Gasteiger partial charge >= 0.3 is 24.3 Å². The van der Waals surface area contributed by atoms with Crippen LogP contribution in [0.4, 0.5) is 26.3 Å². The molecule has 0 spiro atoms. The Labute approximate surface area is 94.4 Å². The molecule has 108 valence electrons. The number of alkyl halides is 6. The smallest absolute Gasteiger partial charge is 0.481 e. The molecule has 0 fully saturated rings. The van der Waals surface area contributed by atoms with Gasteiger partial charge in [-0.05, 0) is 0 Å². The van der Waals surface area contributed by atoms with Crippen molar-refractivity contribution in [2.75, 3.05) is 0 Å². The normalized spacial score (nSPS) is 10.2. The minimum absolute atomic E-state index is 0.833. The first-order chi connectivity index (χ1) is 7.62. The van der Waals surface area contributed by atoms with Gasteiger partial charge in [0, 0.05) is 6.92 Å². The first-order valence-corrected chi connectivity index (χ1v) is 3.42. The van der Waals surface area contributed by atoms with Crippen molar-refractivity contribution in [2.24, 2.45) is 0 Å². The van der Waals surface area contributed by atoms with Crippen molar-refractivity contribution in [3.05, 3.63) is 0 Å². The highest BCUT2D eigenvalue weighted by Gasteiger charge is 2.38. The van der Waals surface area contributed by atoms with E-state index in [1.54, 1.807) is 0 Å². The number of carboxylic acid groups (broad SMARTS) is 3. The van der Waals surface area contributed by atoms with Gasteiger partial charge in [0.15, 0.2) is 0 Å². The van der Waals surface area contributed by atoms with Gasteiger partial charge in [0.2, 0.25) is 0 Å². The molecule has 0 unspecified atom stereocenters. The number of carboxylic acids is 3. The molecular formula is C6H6F6O6. The summed E-state index contributed by atoms with van der Waals surface area (Å²) in [7, 11) is 0. The summed E-state index contributed by atoms with van der Waals surface area (Å²) in [6.45, 7) is 1.08. The molecule has 0 aromatic rings. The fourth-order valence-electron chi connectivity index (χ4n) is 0. The number of rotatable bonds is 0. The van der Waals surface area contributed by atoms with Crippen LogP contribution in [0.5, 0.6) is 0 Å². The van der Waals surface area contributed by atoms with E-state index in [1.165, 1.54) is 0 Å². The summed E-state index contributed by atoms with van der Waals surface area (Å²) < 4.78 is 63.5. The second-order valence-electron chi connectivity index (χ2n) is 2.12. The Hall–Kier alpha value is -2.01. The molecule has 0 aliphatic heterocycles. The molecule has 0 saturated heterocycles. The Morgan fingerprint density at radius 2 is 0.778 bits per heavy atom. The van der Waals surface area contributed by atoms with Crippen molar-refractivity contribution in [3.63, 3.8) is 0 Å². The van der Waals surface area contributed by atoms with Crippen LogP contribution in [0.2, 0.25) is 0 Å². The van der Waals surface area contributed by atoms with Gasteiger partial charge in [-0.3, -0.25) is 4.79 Å². The summed E-state index contributed by atoms with van der Waals surface area (Å²) in [5.41, 5.74) is 0. The van der Waals surface area contributed by atoms with Crippen LogP contribution in [0.1, 0.15) is 6.92 Å². The Balaban J connectivity index is -0.000000196. The van der Waals surface area contributed by atoms with Gasteiger partial charge in [-0.15, -0.1) is 0 Å². The van der Waals surface area contributed by atoms with Crippen molar-refractivity contribution in [1.82, 2.24) is 0 Å². The summed E-state index contributed by atoms with van der Waals surface area (Å²) in [6.07, 6.45) is -10.2. The van der Waals surface area contributed by atoms with Crippen LogP contribution in [0, 0.1) is 0 Å². The third-order valence-corrected chi connectivity index (χ3v) is 0.485. The van der Waals surface area contributed by atoms with Crippen LogP contribution in [-0.2, 0) is 14.4 Å². The molecule has 0 radical (unpaired) electrons. The molecule has 0 aromatic heterocycles. The van der Waals surface area contributed by atoms with E-state index >= 15 is 0 Å². The maximum atomic E-state index is 10.6. The molecule has 0 saturated carbocycles. The number of hydrogen-bond donors (Lipinski definition) is 3. The van der Waals surface area contributed by atoms with E-state index in [2.05, 4.69) is 0 Å². The topological polar surface area (TPSA) is 112 Å². The maximum absolute atomic E-state index is 10.6. The molecule has 0 rings (SSSR count). The molecule has 0 aliphatic carbocycles. The highest BCUT2D eigenvalue weighted by Crippen LogP contribution is 2.13. The zero-order valence-electron chi connectivity index (χ0n) is 8.33. The van der Waals surface area contributed by atoms with Crippen molar-refractivity contribution >= 4 is 17.9 Å². The molecule has 0 heterocycles. The molecule has 0 aliphatic rings.